The van der Waals surface area contributed by atoms with Gasteiger partial charge in [0.2, 0.25) is 0 Å². The van der Waals surface area contributed by atoms with E-state index in [0.29, 0.717) is 19.6 Å². The molecular formula is C35H47NO4. The van der Waals surface area contributed by atoms with Gasteiger partial charge in [0.1, 0.15) is 5.75 Å². The highest BCUT2D eigenvalue weighted by molar-refractivity contribution is 6.31. The SMILES string of the molecule is CCCCCCCCCCCCCCOc1ccc(CN(CCc2ccccc2)C(=O)C(=O)O)c2ccccc12. The quantitative estimate of drug-likeness (QED) is 0.121. The number of carboxylic acids is 1. The maximum Gasteiger partial charge on any atom is 0.394 e. The lowest BCUT2D eigenvalue weighted by molar-refractivity contribution is -0.156. The van der Waals surface area contributed by atoms with E-state index in [1.807, 2.05) is 66.7 Å². The number of fused-ring (bicyclic) bond motifs is 1. The van der Waals surface area contributed by atoms with Gasteiger partial charge in [-0.3, -0.25) is 4.79 Å². The van der Waals surface area contributed by atoms with Crippen molar-refractivity contribution in [3.05, 3.63) is 77.9 Å². The van der Waals surface area contributed by atoms with E-state index in [4.69, 9.17) is 4.74 Å². The van der Waals surface area contributed by atoms with Crippen LogP contribution in [0.25, 0.3) is 10.8 Å². The average molecular weight is 546 g/mol. The minimum atomic E-state index is -1.43. The molecule has 0 bridgehead atoms. The number of amides is 1. The molecule has 0 fully saturated rings. The summed E-state index contributed by atoms with van der Waals surface area (Å²) in [5, 5.41) is 11.4. The third kappa shape index (κ3) is 10.7. The third-order valence-electron chi connectivity index (χ3n) is 7.57. The van der Waals surface area contributed by atoms with E-state index in [9.17, 15) is 14.7 Å². The van der Waals surface area contributed by atoms with Crippen molar-refractivity contribution in [2.45, 2.75) is 96.9 Å². The fraction of sp³-hybridized carbons (Fsp3) is 0.486. The summed E-state index contributed by atoms with van der Waals surface area (Å²) in [6, 6.07) is 21.7. The van der Waals surface area contributed by atoms with Crippen molar-refractivity contribution < 1.29 is 19.4 Å². The molecular weight excluding hydrogens is 498 g/mol. The predicted octanol–water partition coefficient (Wildman–Crippen LogP) is 8.58. The molecule has 0 spiro atoms. The van der Waals surface area contributed by atoms with E-state index in [1.54, 1.807) is 0 Å². The third-order valence-corrected chi connectivity index (χ3v) is 7.57. The van der Waals surface area contributed by atoms with Gasteiger partial charge in [0.05, 0.1) is 6.61 Å². The minimum absolute atomic E-state index is 0.234. The predicted molar refractivity (Wildman–Crippen MR) is 164 cm³/mol. The minimum Gasteiger partial charge on any atom is -0.493 e. The van der Waals surface area contributed by atoms with Gasteiger partial charge in [-0.15, -0.1) is 0 Å². The van der Waals surface area contributed by atoms with Gasteiger partial charge in [-0.1, -0.05) is 138 Å². The number of carboxylic acid groups (broad SMARTS) is 1. The van der Waals surface area contributed by atoms with Crippen molar-refractivity contribution in [2.75, 3.05) is 13.2 Å². The molecule has 5 nitrogen and oxygen atoms in total. The molecule has 0 aromatic heterocycles. The number of unbranched alkanes of at least 4 members (excludes halogenated alkanes) is 11. The molecule has 0 heterocycles. The number of carbonyl (C=O) groups is 2. The first-order valence-electron chi connectivity index (χ1n) is 15.3. The van der Waals surface area contributed by atoms with Crippen molar-refractivity contribution >= 4 is 22.6 Å². The Balaban J connectivity index is 1.48. The van der Waals surface area contributed by atoms with Gasteiger partial charge in [-0.05, 0) is 35.4 Å². The number of carbonyl (C=O) groups excluding carboxylic acids is 1. The van der Waals surface area contributed by atoms with Crippen molar-refractivity contribution in [1.82, 2.24) is 4.90 Å². The monoisotopic (exact) mass is 545 g/mol. The number of rotatable bonds is 19. The van der Waals surface area contributed by atoms with Crippen LogP contribution in [0.3, 0.4) is 0 Å². The summed E-state index contributed by atoms with van der Waals surface area (Å²) < 4.78 is 6.19. The lowest BCUT2D eigenvalue weighted by Crippen LogP contribution is -2.37. The summed E-state index contributed by atoms with van der Waals surface area (Å²) in [6.07, 6.45) is 16.3. The molecule has 3 aromatic rings. The molecule has 3 rings (SSSR count). The second kappa shape index (κ2) is 18.1. The largest absolute Gasteiger partial charge is 0.493 e. The van der Waals surface area contributed by atoms with Crippen LogP contribution in [0.5, 0.6) is 5.75 Å². The van der Waals surface area contributed by atoms with E-state index >= 15 is 0 Å². The first-order chi connectivity index (χ1) is 19.6. The van der Waals surface area contributed by atoms with Crippen LogP contribution < -0.4 is 4.74 Å². The lowest BCUT2D eigenvalue weighted by atomic mass is 10.0. The maximum atomic E-state index is 12.5. The van der Waals surface area contributed by atoms with Gasteiger partial charge < -0.3 is 14.7 Å². The van der Waals surface area contributed by atoms with Gasteiger partial charge in [0.15, 0.2) is 0 Å². The van der Waals surface area contributed by atoms with Gasteiger partial charge in [0, 0.05) is 18.5 Å². The highest BCUT2D eigenvalue weighted by atomic mass is 16.5. The highest BCUT2D eigenvalue weighted by Crippen LogP contribution is 2.30. The second-order valence-corrected chi connectivity index (χ2v) is 10.8. The van der Waals surface area contributed by atoms with Gasteiger partial charge in [-0.25, -0.2) is 4.79 Å². The average Bonchev–Trinajstić information content (AvgIpc) is 2.98. The molecule has 0 radical (unpaired) electrons. The van der Waals surface area contributed by atoms with Crippen LogP contribution in [-0.2, 0) is 22.6 Å². The Hall–Kier alpha value is -3.34. The van der Waals surface area contributed by atoms with Crippen LogP contribution in [-0.4, -0.2) is 35.0 Å². The van der Waals surface area contributed by atoms with Gasteiger partial charge >= 0.3 is 11.9 Å². The number of aliphatic carboxylic acids is 1. The van der Waals surface area contributed by atoms with Gasteiger partial charge in [0.25, 0.3) is 0 Å². The lowest BCUT2D eigenvalue weighted by Gasteiger charge is -2.22. The van der Waals surface area contributed by atoms with Crippen LogP contribution in [0, 0.1) is 0 Å². The molecule has 0 saturated carbocycles. The van der Waals surface area contributed by atoms with Crippen LogP contribution in [0.1, 0.15) is 95.1 Å². The summed E-state index contributed by atoms with van der Waals surface area (Å²) in [5.41, 5.74) is 1.98. The Morgan fingerprint density at radius 2 is 1.27 bits per heavy atom. The Kier molecular flexibility index (Phi) is 14.1. The Labute approximate surface area is 240 Å². The van der Waals surface area contributed by atoms with Crippen LogP contribution in [0.2, 0.25) is 0 Å². The van der Waals surface area contributed by atoms with Crippen molar-refractivity contribution in [2.24, 2.45) is 0 Å². The molecule has 0 aliphatic carbocycles. The molecule has 1 N–H and O–H groups in total. The molecule has 1 amide bonds. The second-order valence-electron chi connectivity index (χ2n) is 10.8. The van der Waals surface area contributed by atoms with Crippen LogP contribution in [0.4, 0.5) is 0 Å². The molecule has 216 valence electrons. The molecule has 0 unspecified atom stereocenters. The Morgan fingerprint density at radius 3 is 1.90 bits per heavy atom. The number of hydrogen-bond acceptors (Lipinski definition) is 3. The number of benzene rings is 3. The molecule has 3 aromatic carbocycles. The summed E-state index contributed by atoms with van der Waals surface area (Å²) in [5.74, 6) is -1.48. The summed E-state index contributed by atoms with van der Waals surface area (Å²) in [7, 11) is 0. The van der Waals surface area contributed by atoms with Crippen LogP contribution >= 0.6 is 0 Å². The molecule has 0 saturated heterocycles. The molecule has 0 aliphatic heterocycles. The first-order valence-corrected chi connectivity index (χ1v) is 15.3. The van der Waals surface area contributed by atoms with Gasteiger partial charge in [-0.2, -0.15) is 0 Å². The molecule has 0 aliphatic rings. The standard InChI is InChI=1S/C35H47NO4/c1-2-3-4-5-6-7-8-9-10-11-12-18-27-40-33-24-23-30(31-21-16-17-22-32(31)33)28-36(34(37)35(38)39)26-25-29-19-14-13-15-20-29/h13-17,19-24H,2-12,18,25-28H2,1H3,(H,38,39). The highest BCUT2D eigenvalue weighted by Gasteiger charge is 2.22. The molecule has 5 heteroatoms. The summed E-state index contributed by atoms with van der Waals surface area (Å²) >= 11 is 0. The topological polar surface area (TPSA) is 66.8 Å². The normalized spacial score (nSPS) is 11.0. The number of nitrogens with zero attached hydrogens (tertiary/aromatic N) is 1. The van der Waals surface area contributed by atoms with Crippen molar-refractivity contribution in [3.8, 4) is 5.75 Å². The van der Waals surface area contributed by atoms with Crippen molar-refractivity contribution in [3.63, 3.8) is 0 Å². The Bertz CT molecular complexity index is 1160. The number of ether oxygens (including phenoxy) is 1. The fourth-order valence-corrected chi connectivity index (χ4v) is 5.22. The first kappa shape index (κ1) is 31.2. The number of hydrogen-bond donors (Lipinski definition) is 1. The zero-order valence-corrected chi connectivity index (χ0v) is 24.3. The van der Waals surface area contributed by atoms with Crippen LogP contribution in [0.15, 0.2) is 66.7 Å². The summed E-state index contributed by atoms with van der Waals surface area (Å²) in [4.78, 5) is 25.5. The van der Waals surface area contributed by atoms with E-state index in [2.05, 4.69) is 6.92 Å². The molecule has 0 atom stereocenters. The maximum absolute atomic E-state index is 12.5. The van der Waals surface area contributed by atoms with E-state index in [-0.39, 0.29) is 6.54 Å². The zero-order valence-electron chi connectivity index (χ0n) is 24.3. The van der Waals surface area contributed by atoms with Crippen molar-refractivity contribution in [1.29, 1.82) is 0 Å². The molecule has 40 heavy (non-hydrogen) atoms. The Morgan fingerprint density at radius 1 is 0.700 bits per heavy atom. The zero-order chi connectivity index (χ0) is 28.4. The fourth-order valence-electron chi connectivity index (χ4n) is 5.22. The van der Waals surface area contributed by atoms with E-state index < -0.39 is 11.9 Å². The van der Waals surface area contributed by atoms with E-state index in [0.717, 1.165) is 34.1 Å². The summed E-state index contributed by atoms with van der Waals surface area (Å²) in [6.45, 7) is 3.52. The van der Waals surface area contributed by atoms with E-state index in [1.165, 1.54) is 75.5 Å². The smallest absolute Gasteiger partial charge is 0.394 e.